The van der Waals surface area contributed by atoms with Gasteiger partial charge >= 0.3 is 5.97 Å². The zero-order chi connectivity index (χ0) is 20.7. The van der Waals surface area contributed by atoms with E-state index in [1.54, 1.807) is 12.5 Å². The van der Waals surface area contributed by atoms with Crippen molar-refractivity contribution in [1.82, 2.24) is 0 Å². The Labute approximate surface area is 175 Å². The van der Waals surface area contributed by atoms with E-state index >= 15 is 0 Å². The summed E-state index contributed by atoms with van der Waals surface area (Å²) < 4.78 is 18.3. The molecule has 1 heterocycles. The van der Waals surface area contributed by atoms with Crippen LogP contribution in [-0.2, 0) is 19.0 Å². The summed E-state index contributed by atoms with van der Waals surface area (Å²) in [5, 5.41) is 0. The molecule has 5 aliphatic rings. The molecular weight excluding hydrogens is 364 g/mol. The van der Waals surface area contributed by atoms with Crippen LogP contribution in [0.25, 0.3) is 0 Å². The van der Waals surface area contributed by atoms with Crippen LogP contribution >= 0.6 is 0 Å². The van der Waals surface area contributed by atoms with Crippen LogP contribution in [-0.4, -0.2) is 31.1 Å². The number of carbonyl (C=O) groups excluding carboxylic acids is 1. The van der Waals surface area contributed by atoms with Gasteiger partial charge in [-0.05, 0) is 61.7 Å². The largest absolute Gasteiger partial charge is 0.462 e. The molecule has 4 nitrogen and oxygen atoms in total. The van der Waals surface area contributed by atoms with Crippen LogP contribution in [0.5, 0.6) is 0 Å². The van der Waals surface area contributed by atoms with Gasteiger partial charge in [-0.15, -0.1) is 0 Å². The van der Waals surface area contributed by atoms with Gasteiger partial charge in [0.15, 0.2) is 5.79 Å². The third-order valence-electron chi connectivity index (χ3n) is 10.0. The second-order valence-electron chi connectivity index (χ2n) is 11.4. The Balaban J connectivity index is 1.48. The summed E-state index contributed by atoms with van der Waals surface area (Å²) in [5.41, 5.74) is 1.88. The maximum Gasteiger partial charge on any atom is 0.302 e. The highest BCUT2D eigenvalue weighted by atomic mass is 16.7. The fourth-order valence-corrected chi connectivity index (χ4v) is 8.63. The van der Waals surface area contributed by atoms with Crippen molar-refractivity contribution >= 4 is 5.97 Å². The van der Waals surface area contributed by atoms with Crippen molar-refractivity contribution in [2.75, 3.05) is 13.2 Å². The lowest BCUT2D eigenvalue weighted by atomic mass is 9.44. The third-order valence-corrected chi connectivity index (χ3v) is 10.0. The second kappa shape index (κ2) is 6.32. The summed E-state index contributed by atoms with van der Waals surface area (Å²) in [6, 6.07) is 0. The smallest absolute Gasteiger partial charge is 0.302 e. The number of ether oxygens (including phenoxy) is 3. The van der Waals surface area contributed by atoms with Crippen LogP contribution in [0, 0.1) is 34.0 Å². The molecule has 0 unspecified atom stereocenters. The summed E-state index contributed by atoms with van der Waals surface area (Å²) in [6.45, 7) is 12.6. The molecular formula is C25H38O4. The minimum Gasteiger partial charge on any atom is -0.462 e. The maximum absolute atomic E-state index is 11.7. The van der Waals surface area contributed by atoms with E-state index in [-0.39, 0.29) is 28.3 Å². The van der Waals surface area contributed by atoms with E-state index in [9.17, 15) is 4.79 Å². The van der Waals surface area contributed by atoms with Gasteiger partial charge in [-0.3, -0.25) is 4.79 Å². The Morgan fingerprint density at radius 2 is 1.72 bits per heavy atom. The van der Waals surface area contributed by atoms with Gasteiger partial charge in [0, 0.05) is 24.2 Å². The first kappa shape index (κ1) is 20.1. The molecule has 4 heteroatoms. The zero-order valence-electron chi connectivity index (χ0n) is 18.9. The van der Waals surface area contributed by atoms with E-state index in [4.69, 9.17) is 14.2 Å². The molecule has 162 valence electrons. The lowest BCUT2D eigenvalue weighted by molar-refractivity contribution is -0.246. The van der Waals surface area contributed by atoms with Gasteiger partial charge in [0.25, 0.3) is 0 Å². The Hall–Kier alpha value is -0.870. The summed E-state index contributed by atoms with van der Waals surface area (Å²) in [6.07, 6.45) is 10.6. The maximum atomic E-state index is 11.7. The van der Waals surface area contributed by atoms with Gasteiger partial charge in [-0.25, -0.2) is 0 Å². The monoisotopic (exact) mass is 402 g/mol. The molecule has 0 bridgehead atoms. The fraction of sp³-hybridized carbons (Fsp3) is 0.880. The van der Waals surface area contributed by atoms with Gasteiger partial charge in [0.2, 0.25) is 0 Å². The van der Waals surface area contributed by atoms with Gasteiger partial charge in [-0.2, -0.15) is 0 Å². The van der Waals surface area contributed by atoms with E-state index in [1.165, 1.54) is 19.3 Å². The fourth-order valence-electron chi connectivity index (χ4n) is 8.63. The van der Waals surface area contributed by atoms with Crippen LogP contribution in [0.4, 0.5) is 0 Å². The van der Waals surface area contributed by atoms with Crippen molar-refractivity contribution in [2.45, 2.75) is 91.5 Å². The van der Waals surface area contributed by atoms with E-state index in [0.29, 0.717) is 11.8 Å². The van der Waals surface area contributed by atoms with Gasteiger partial charge in [0.05, 0.1) is 13.2 Å². The molecule has 0 aromatic rings. The number of hydrogen-bond donors (Lipinski definition) is 0. The molecule has 1 spiro atoms. The molecule has 0 amide bonds. The highest BCUT2D eigenvalue weighted by Gasteiger charge is 2.65. The van der Waals surface area contributed by atoms with Crippen molar-refractivity contribution in [3.63, 3.8) is 0 Å². The molecule has 4 fully saturated rings. The van der Waals surface area contributed by atoms with Crippen LogP contribution in [0.15, 0.2) is 11.6 Å². The summed E-state index contributed by atoms with van der Waals surface area (Å²) in [4.78, 5) is 11.7. The summed E-state index contributed by atoms with van der Waals surface area (Å²) >= 11 is 0. The molecule has 0 N–H and O–H groups in total. The number of esters is 1. The molecule has 5 rings (SSSR count). The molecule has 4 aliphatic carbocycles. The molecule has 3 saturated carbocycles. The number of allylic oxidation sites excluding steroid dienone is 1. The van der Waals surface area contributed by atoms with Crippen molar-refractivity contribution in [1.29, 1.82) is 0 Å². The standard InChI is InChI=1S/C25H38O4/c1-16(26)29-21-9-7-18-17-6-8-20-22(2,3)25(27-14-15-28-25)13-12-23(20,4)19(17)10-11-24(18,21)5/h8,17-19,21H,6-7,9-15H2,1-5H3/t17-,18-,19-,21-,23+,24-/m0/s1. The molecule has 0 aromatic carbocycles. The predicted octanol–water partition coefficient (Wildman–Crippen LogP) is 5.26. The van der Waals surface area contributed by atoms with Crippen molar-refractivity contribution < 1.29 is 19.0 Å². The van der Waals surface area contributed by atoms with Crippen molar-refractivity contribution in [2.24, 2.45) is 34.0 Å². The minimum atomic E-state index is -0.428. The van der Waals surface area contributed by atoms with Crippen LogP contribution in [0.1, 0.15) is 79.6 Å². The Bertz CT molecular complexity index is 733. The highest BCUT2D eigenvalue weighted by Crippen LogP contribution is 2.69. The van der Waals surface area contributed by atoms with Gasteiger partial charge in [0.1, 0.15) is 6.10 Å². The lowest BCUT2D eigenvalue weighted by Gasteiger charge is -2.62. The van der Waals surface area contributed by atoms with E-state index < -0.39 is 5.79 Å². The van der Waals surface area contributed by atoms with Gasteiger partial charge in [-0.1, -0.05) is 39.3 Å². The number of fused-ring (bicyclic) bond motifs is 5. The lowest BCUT2D eigenvalue weighted by Crippen LogP contribution is -2.59. The molecule has 29 heavy (non-hydrogen) atoms. The van der Waals surface area contributed by atoms with Crippen molar-refractivity contribution in [3.05, 3.63) is 11.6 Å². The molecule has 1 saturated heterocycles. The number of hydrogen-bond acceptors (Lipinski definition) is 4. The van der Waals surface area contributed by atoms with E-state index in [0.717, 1.165) is 44.8 Å². The normalized spacial score (nSPS) is 47.1. The van der Waals surface area contributed by atoms with Gasteiger partial charge < -0.3 is 14.2 Å². The summed E-state index contributed by atoms with van der Waals surface area (Å²) in [5.74, 6) is 1.54. The van der Waals surface area contributed by atoms with Crippen molar-refractivity contribution in [3.8, 4) is 0 Å². The highest BCUT2D eigenvalue weighted by molar-refractivity contribution is 5.66. The second-order valence-corrected chi connectivity index (χ2v) is 11.4. The number of carbonyl (C=O) groups is 1. The first-order chi connectivity index (χ1) is 13.6. The SMILES string of the molecule is CC(=O)O[C@H]1CC[C@H]2[C@@H]3CC=C4C(C)(C)C5(CC[C@]4(C)[C@H]3CC[C@]12C)OCCO5. The Morgan fingerprint density at radius 1 is 1.00 bits per heavy atom. The minimum absolute atomic E-state index is 0.0851. The predicted molar refractivity (Wildman–Crippen MR) is 111 cm³/mol. The molecule has 0 radical (unpaired) electrons. The third kappa shape index (κ3) is 2.54. The van der Waals surface area contributed by atoms with E-state index in [1.807, 2.05) is 0 Å². The molecule has 6 atom stereocenters. The average Bonchev–Trinajstić information content (AvgIpc) is 3.25. The Kier molecular flexibility index (Phi) is 4.37. The first-order valence-electron chi connectivity index (χ1n) is 11.8. The van der Waals surface area contributed by atoms with Crippen LogP contribution in [0.2, 0.25) is 0 Å². The number of rotatable bonds is 1. The quantitative estimate of drug-likeness (QED) is 0.443. The first-order valence-corrected chi connectivity index (χ1v) is 11.8. The van der Waals surface area contributed by atoms with Crippen LogP contribution < -0.4 is 0 Å². The molecule has 0 aromatic heterocycles. The summed E-state index contributed by atoms with van der Waals surface area (Å²) in [7, 11) is 0. The Morgan fingerprint density at radius 3 is 2.41 bits per heavy atom. The molecule has 1 aliphatic heterocycles. The van der Waals surface area contributed by atoms with Crippen LogP contribution in [0.3, 0.4) is 0 Å². The zero-order valence-corrected chi connectivity index (χ0v) is 18.9. The average molecular weight is 403 g/mol. The topological polar surface area (TPSA) is 44.8 Å². The van der Waals surface area contributed by atoms with E-state index in [2.05, 4.69) is 33.8 Å².